The van der Waals surface area contributed by atoms with Crippen molar-refractivity contribution in [2.45, 2.75) is 0 Å². The van der Waals surface area contributed by atoms with Crippen molar-refractivity contribution in [2.24, 2.45) is 0 Å². The summed E-state index contributed by atoms with van der Waals surface area (Å²) < 4.78 is 0. The van der Waals surface area contributed by atoms with E-state index < -0.39 is 0 Å². The minimum atomic E-state index is 0.774. The summed E-state index contributed by atoms with van der Waals surface area (Å²) in [5.74, 6) is 0. The van der Waals surface area contributed by atoms with Crippen LogP contribution in [-0.2, 0) is 0 Å². The van der Waals surface area contributed by atoms with Gasteiger partial charge in [0.2, 0.25) is 0 Å². The maximum absolute atomic E-state index is 6.44. The van der Waals surface area contributed by atoms with Crippen molar-refractivity contribution in [2.75, 3.05) is 0 Å². The van der Waals surface area contributed by atoms with E-state index in [0.717, 1.165) is 5.02 Å². The van der Waals surface area contributed by atoms with Gasteiger partial charge in [0.05, 0.1) is 0 Å². The number of halogens is 1. The molecule has 0 amide bonds. The second-order valence-corrected chi connectivity index (χ2v) is 7.51. The maximum Gasteiger partial charge on any atom is 0.0412 e. The highest BCUT2D eigenvalue weighted by Gasteiger charge is 2.15. The maximum atomic E-state index is 6.44. The molecule has 0 aliphatic carbocycles. The molecule has 0 unspecified atom stereocenters. The average Bonchev–Trinajstić information content (AvgIpc) is 2.73. The lowest BCUT2D eigenvalue weighted by atomic mass is 9.87. The number of hydrogen-bond acceptors (Lipinski definition) is 0. The standard InChI is InChI=1S/C26H15Cl/c27-16-13-14-20-19-9-3-5-11-22(19)25-21-10-4-1-7-17(21)18-8-2-6-12-23(18)26(25)24(20)15-16/h1-15H. The Morgan fingerprint density at radius 3 is 1.22 bits per heavy atom. The smallest absolute Gasteiger partial charge is 0.0412 e. The van der Waals surface area contributed by atoms with Crippen molar-refractivity contribution in [3.63, 3.8) is 0 Å². The SMILES string of the molecule is Clc1ccc2c3ccccc3c3c4ccccc4c4ccccc4c3c2c1. The van der Waals surface area contributed by atoms with Crippen LogP contribution in [0.2, 0.25) is 5.02 Å². The molecule has 0 bridgehead atoms. The van der Waals surface area contributed by atoms with Gasteiger partial charge in [0.25, 0.3) is 0 Å². The molecule has 0 aliphatic heterocycles. The monoisotopic (exact) mass is 362 g/mol. The van der Waals surface area contributed by atoms with E-state index in [2.05, 4.69) is 84.9 Å². The predicted octanol–water partition coefficient (Wildman–Crippen LogP) is 8.11. The Bertz CT molecular complexity index is 1510. The van der Waals surface area contributed by atoms with Gasteiger partial charge in [-0.1, -0.05) is 90.5 Å². The fourth-order valence-electron chi connectivity index (χ4n) is 4.59. The Hall–Kier alpha value is -3.09. The third-order valence-electron chi connectivity index (χ3n) is 5.67. The summed E-state index contributed by atoms with van der Waals surface area (Å²) in [6, 6.07) is 32.4. The van der Waals surface area contributed by atoms with Crippen LogP contribution in [0.25, 0.3) is 53.9 Å². The van der Waals surface area contributed by atoms with Gasteiger partial charge in [-0.15, -0.1) is 0 Å². The summed E-state index contributed by atoms with van der Waals surface area (Å²) in [7, 11) is 0. The van der Waals surface area contributed by atoms with Crippen LogP contribution < -0.4 is 0 Å². The van der Waals surface area contributed by atoms with E-state index >= 15 is 0 Å². The first kappa shape index (κ1) is 15.0. The molecule has 0 heterocycles. The number of fused-ring (bicyclic) bond motifs is 11. The van der Waals surface area contributed by atoms with Gasteiger partial charge in [-0.05, 0) is 66.0 Å². The minimum absolute atomic E-state index is 0.774. The van der Waals surface area contributed by atoms with E-state index in [0.29, 0.717) is 0 Å². The van der Waals surface area contributed by atoms with Gasteiger partial charge in [-0.3, -0.25) is 0 Å². The zero-order valence-electron chi connectivity index (χ0n) is 14.5. The molecule has 0 nitrogen and oxygen atoms in total. The summed E-state index contributed by atoms with van der Waals surface area (Å²) in [6.45, 7) is 0. The Balaban J connectivity index is 2.13. The molecule has 0 spiro atoms. The summed E-state index contributed by atoms with van der Waals surface area (Å²) in [4.78, 5) is 0. The number of rotatable bonds is 0. The lowest BCUT2D eigenvalue weighted by molar-refractivity contribution is 1.78. The first-order valence-corrected chi connectivity index (χ1v) is 9.54. The van der Waals surface area contributed by atoms with E-state index in [1.54, 1.807) is 0 Å². The highest BCUT2D eigenvalue weighted by Crippen LogP contribution is 2.43. The highest BCUT2D eigenvalue weighted by atomic mass is 35.5. The van der Waals surface area contributed by atoms with Crippen molar-refractivity contribution in [1.82, 2.24) is 0 Å². The molecule has 0 atom stereocenters. The fourth-order valence-corrected chi connectivity index (χ4v) is 4.77. The Kier molecular flexibility index (Phi) is 3.03. The van der Waals surface area contributed by atoms with Crippen molar-refractivity contribution >= 4 is 65.5 Å². The molecule has 6 rings (SSSR count). The third-order valence-corrected chi connectivity index (χ3v) is 5.91. The van der Waals surface area contributed by atoms with Crippen LogP contribution in [0, 0.1) is 0 Å². The van der Waals surface area contributed by atoms with Gasteiger partial charge in [0.15, 0.2) is 0 Å². The molecule has 0 fully saturated rings. The quantitative estimate of drug-likeness (QED) is 0.239. The minimum Gasteiger partial charge on any atom is -0.0843 e. The molecule has 0 aliphatic rings. The summed E-state index contributed by atoms with van der Waals surface area (Å²) in [5.41, 5.74) is 0. The Labute approximate surface area is 161 Å². The Morgan fingerprint density at radius 2 is 0.741 bits per heavy atom. The van der Waals surface area contributed by atoms with Crippen molar-refractivity contribution in [3.8, 4) is 0 Å². The normalized spacial score (nSPS) is 11.9. The van der Waals surface area contributed by atoms with Crippen LogP contribution in [0.5, 0.6) is 0 Å². The second-order valence-electron chi connectivity index (χ2n) is 7.08. The van der Waals surface area contributed by atoms with Gasteiger partial charge < -0.3 is 0 Å². The van der Waals surface area contributed by atoms with Crippen LogP contribution in [0.3, 0.4) is 0 Å². The molecule has 0 aromatic heterocycles. The Morgan fingerprint density at radius 1 is 0.370 bits per heavy atom. The largest absolute Gasteiger partial charge is 0.0843 e. The van der Waals surface area contributed by atoms with Crippen LogP contribution in [0.1, 0.15) is 0 Å². The molecule has 6 aromatic rings. The van der Waals surface area contributed by atoms with Crippen molar-refractivity contribution < 1.29 is 0 Å². The molecule has 0 N–H and O–H groups in total. The summed E-state index contributed by atoms with van der Waals surface area (Å²) in [5, 5.41) is 13.6. The average molecular weight is 363 g/mol. The molecule has 6 aromatic carbocycles. The molecule has 0 saturated heterocycles. The van der Waals surface area contributed by atoms with Gasteiger partial charge in [0, 0.05) is 5.02 Å². The third kappa shape index (κ3) is 1.99. The van der Waals surface area contributed by atoms with Gasteiger partial charge in [-0.25, -0.2) is 0 Å². The molecule has 27 heavy (non-hydrogen) atoms. The van der Waals surface area contributed by atoms with Crippen LogP contribution in [-0.4, -0.2) is 0 Å². The second kappa shape index (κ2) is 5.45. The molecule has 126 valence electrons. The highest BCUT2D eigenvalue weighted by molar-refractivity contribution is 6.40. The van der Waals surface area contributed by atoms with Crippen molar-refractivity contribution in [3.05, 3.63) is 96.0 Å². The molecular weight excluding hydrogens is 348 g/mol. The lowest BCUT2D eigenvalue weighted by Crippen LogP contribution is -1.88. The number of hydrogen-bond donors (Lipinski definition) is 0. The van der Waals surface area contributed by atoms with E-state index in [1.165, 1.54) is 53.9 Å². The zero-order valence-corrected chi connectivity index (χ0v) is 15.3. The van der Waals surface area contributed by atoms with Gasteiger partial charge in [0.1, 0.15) is 0 Å². The topological polar surface area (TPSA) is 0 Å². The summed E-state index contributed by atoms with van der Waals surface area (Å²) in [6.07, 6.45) is 0. The summed E-state index contributed by atoms with van der Waals surface area (Å²) >= 11 is 6.44. The lowest BCUT2D eigenvalue weighted by Gasteiger charge is -2.16. The van der Waals surface area contributed by atoms with Crippen molar-refractivity contribution in [1.29, 1.82) is 0 Å². The van der Waals surface area contributed by atoms with Crippen LogP contribution in [0.15, 0.2) is 91.0 Å². The fraction of sp³-hybridized carbons (Fsp3) is 0. The van der Waals surface area contributed by atoms with E-state index in [1.807, 2.05) is 6.07 Å². The predicted molar refractivity (Wildman–Crippen MR) is 119 cm³/mol. The zero-order chi connectivity index (χ0) is 18.0. The molecule has 0 radical (unpaired) electrons. The van der Waals surface area contributed by atoms with E-state index in [4.69, 9.17) is 11.6 Å². The van der Waals surface area contributed by atoms with E-state index in [-0.39, 0.29) is 0 Å². The molecular formula is C26H15Cl. The first-order chi connectivity index (χ1) is 13.3. The molecule has 1 heteroatoms. The molecule has 0 saturated carbocycles. The first-order valence-electron chi connectivity index (χ1n) is 9.16. The van der Waals surface area contributed by atoms with Crippen LogP contribution >= 0.6 is 11.6 Å². The van der Waals surface area contributed by atoms with Gasteiger partial charge in [-0.2, -0.15) is 0 Å². The van der Waals surface area contributed by atoms with Gasteiger partial charge >= 0.3 is 0 Å². The number of benzene rings is 6. The van der Waals surface area contributed by atoms with Crippen LogP contribution in [0.4, 0.5) is 0 Å². The van der Waals surface area contributed by atoms with E-state index in [9.17, 15) is 0 Å².